The summed E-state index contributed by atoms with van der Waals surface area (Å²) in [6, 6.07) is 0. The van der Waals surface area contributed by atoms with Gasteiger partial charge in [0.1, 0.15) is 0 Å². The third kappa shape index (κ3) is 17.9. The van der Waals surface area contributed by atoms with E-state index in [2.05, 4.69) is 0 Å². The van der Waals surface area contributed by atoms with Crippen LogP contribution in [0.15, 0.2) is 0 Å². The number of nitrogens with zero attached hydrogens (tertiary/aromatic N) is 1. The molecule has 0 bridgehead atoms. The first-order valence-corrected chi connectivity index (χ1v) is 0.224. The van der Waals surface area contributed by atoms with Crippen LogP contribution in [0.1, 0.15) is 0 Å². The molecule has 0 N–H and O–H groups in total. The average molecular weight is 150 g/mol. The molecule has 0 fully saturated rings. The molecular formula is CCoNZn+3. The van der Waals surface area contributed by atoms with E-state index in [-0.39, 0.29) is 36.3 Å². The fraction of sp³-hybridized carbons (Fsp3) is 0. The van der Waals surface area contributed by atoms with Crippen LogP contribution < -0.4 is 0 Å². The minimum absolute atomic E-state index is 0. The molecule has 0 aliphatic rings. The van der Waals surface area contributed by atoms with Gasteiger partial charge in [-0.25, -0.2) is 0 Å². The standard InChI is InChI=1S/CN.Co.Zn/c1-2;;/q-1;2*+2. The second kappa shape index (κ2) is 64.7. The van der Waals surface area contributed by atoms with Crippen molar-refractivity contribution in [2.45, 2.75) is 0 Å². The maximum Gasteiger partial charge on any atom is 2.00 e. The van der Waals surface area contributed by atoms with Crippen molar-refractivity contribution in [3.8, 4) is 0 Å². The monoisotopic (exact) mass is 149 g/mol. The smallest absolute Gasteiger partial charge is 0.512 e. The van der Waals surface area contributed by atoms with E-state index in [1.165, 1.54) is 0 Å². The first kappa shape index (κ1) is 23.1. The van der Waals surface area contributed by atoms with Crippen LogP contribution in [0.25, 0.3) is 0 Å². The van der Waals surface area contributed by atoms with Crippen LogP contribution in [0, 0.1) is 11.8 Å². The van der Waals surface area contributed by atoms with Crippen LogP contribution in [0.2, 0.25) is 0 Å². The van der Waals surface area contributed by atoms with Gasteiger partial charge in [-0.05, 0) is 0 Å². The van der Waals surface area contributed by atoms with Gasteiger partial charge in [-0.1, -0.05) is 0 Å². The first-order chi connectivity index (χ1) is 1.00. The fourth-order valence-corrected chi connectivity index (χ4v) is 0. The zero-order valence-corrected chi connectivity index (χ0v) is 6.00. The molecule has 0 amide bonds. The number of hydrogen-bond acceptors (Lipinski definition) is 1. The molecule has 0 aliphatic heterocycles. The molecule has 0 unspecified atom stereocenters. The molecule has 1 radical (unpaired) electrons. The van der Waals surface area contributed by atoms with Crippen molar-refractivity contribution in [1.29, 1.82) is 5.26 Å². The fourth-order valence-electron chi connectivity index (χ4n) is 0. The van der Waals surface area contributed by atoms with Crippen molar-refractivity contribution in [3.05, 3.63) is 6.57 Å². The van der Waals surface area contributed by atoms with Crippen LogP contribution in [0.5, 0.6) is 0 Å². The van der Waals surface area contributed by atoms with Crippen molar-refractivity contribution in [2.24, 2.45) is 0 Å². The molecule has 0 aromatic rings. The minimum Gasteiger partial charge on any atom is -0.512 e. The predicted octanol–water partition coefficient (Wildman–Crippen LogP) is 0.0914. The normalized spacial score (nSPS) is 0.500. The Morgan fingerprint density at radius 2 is 1.25 bits per heavy atom. The van der Waals surface area contributed by atoms with Crippen molar-refractivity contribution in [3.63, 3.8) is 0 Å². The largest absolute Gasteiger partial charge is 2.00 e. The molecule has 3 heteroatoms. The van der Waals surface area contributed by atoms with Gasteiger partial charge in [-0.15, -0.1) is 0 Å². The molecule has 0 aromatic heterocycles. The van der Waals surface area contributed by atoms with Gasteiger partial charge in [0.25, 0.3) is 0 Å². The minimum atomic E-state index is 0. The van der Waals surface area contributed by atoms with Gasteiger partial charge in [-0.3, -0.25) is 0 Å². The Morgan fingerprint density at radius 1 is 1.25 bits per heavy atom. The SMILES string of the molecule is [C-]#N.[Co+2].[Zn+2]. The average Bonchev–Trinajstić information content (AvgIpc) is 1.00. The third-order valence-electron chi connectivity index (χ3n) is 0. The van der Waals surface area contributed by atoms with Crippen molar-refractivity contribution < 1.29 is 36.3 Å². The van der Waals surface area contributed by atoms with Crippen LogP contribution in [0.4, 0.5) is 0 Å². The molecule has 0 aromatic carbocycles. The Hall–Kier alpha value is 0.620. The van der Waals surface area contributed by atoms with E-state index < -0.39 is 0 Å². The third-order valence-corrected chi connectivity index (χ3v) is 0. The Bertz CT molecular complexity index is 12.8. The summed E-state index contributed by atoms with van der Waals surface area (Å²) in [5.41, 5.74) is 0. The zero-order valence-electron chi connectivity index (χ0n) is 1.99. The zero-order chi connectivity index (χ0) is 2.00. The van der Waals surface area contributed by atoms with Gasteiger partial charge in [0.2, 0.25) is 0 Å². The summed E-state index contributed by atoms with van der Waals surface area (Å²) in [4.78, 5) is 0. The van der Waals surface area contributed by atoms with Gasteiger partial charge in [0, 0.05) is 0 Å². The Balaban J connectivity index is -0.00000000500. The number of hydrogen-bond donors (Lipinski definition) is 0. The summed E-state index contributed by atoms with van der Waals surface area (Å²) in [6.07, 6.45) is 0. The Morgan fingerprint density at radius 3 is 1.25 bits per heavy atom. The molecule has 1 nitrogen and oxygen atoms in total. The van der Waals surface area contributed by atoms with Crippen molar-refractivity contribution in [2.75, 3.05) is 0 Å². The summed E-state index contributed by atoms with van der Waals surface area (Å²) < 4.78 is 0. The van der Waals surface area contributed by atoms with Crippen LogP contribution in [0.3, 0.4) is 0 Å². The van der Waals surface area contributed by atoms with E-state index >= 15 is 0 Å². The Labute approximate surface area is 48.3 Å². The molecule has 0 saturated carbocycles. The molecule has 0 aliphatic carbocycles. The molecule has 0 spiro atoms. The first-order valence-electron chi connectivity index (χ1n) is 0.224. The molecule has 0 rings (SSSR count). The van der Waals surface area contributed by atoms with E-state index in [0.717, 1.165) is 0 Å². The summed E-state index contributed by atoms with van der Waals surface area (Å²) in [6.45, 7) is 4.75. The van der Waals surface area contributed by atoms with E-state index in [4.69, 9.17) is 11.8 Å². The van der Waals surface area contributed by atoms with Gasteiger partial charge in [-0.2, -0.15) is 0 Å². The molecule has 0 atom stereocenters. The molecule has 0 saturated heterocycles. The van der Waals surface area contributed by atoms with E-state index in [1.807, 2.05) is 0 Å². The van der Waals surface area contributed by atoms with E-state index in [1.54, 1.807) is 0 Å². The topological polar surface area (TPSA) is 23.8 Å². The van der Waals surface area contributed by atoms with Crippen LogP contribution in [-0.2, 0) is 36.3 Å². The van der Waals surface area contributed by atoms with Crippen LogP contribution in [-0.4, -0.2) is 0 Å². The van der Waals surface area contributed by atoms with E-state index in [0.29, 0.717) is 0 Å². The maximum atomic E-state index is 6.25. The predicted molar refractivity (Wildman–Crippen MR) is 4.97 cm³/mol. The molecule has 17 valence electrons. The van der Waals surface area contributed by atoms with Gasteiger partial charge < -0.3 is 11.8 Å². The number of rotatable bonds is 0. The second-order valence-corrected chi connectivity index (χ2v) is 0. The Kier molecular flexibility index (Phi) is 373. The van der Waals surface area contributed by atoms with Crippen LogP contribution >= 0.6 is 0 Å². The van der Waals surface area contributed by atoms with E-state index in [9.17, 15) is 0 Å². The maximum absolute atomic E-state index is 6.25. The quantitative estimate of drug-likeness (QED) is 0.355. The summed E-state index contributed by atoms with van der Waals surface area (Å²) >= 11 is 0. The second-order valence-electron chi connectivity index (χ2n) is 0. The molecule has 0 heterocycles. The molecule has 4 heavy (non-hydrogen) atoms. The van der Waals surface area contributed by atoms with Gasteiger partial charge in [0.15, 0.2) is 0 Å². The summed E-state index contributed by atoms with van der Waals surface area (Å²) in [5, 5.41) is 6.25. The van der Waals surface area contributed by atoms with Gasteiger partial charge >= 0.3 is 36.3 Å². The van der Waals surface area contributed by atoms with Crippen molar-refractivity contribution >= 4 is 0 Å². The summed E-state index contributed by atoms with van der Waals surface area (Å²) in [7, 11) is 0. The summed E-state index contributed by atoms with van der Waals surface area (Å²) in [5.74, 6) is 0. The van der Waals surface area contributed by atoms with Crippen molar-refractivity contribution in [1.82, 2.24) is 0 Å². The molecular weight excluding hydrogens is 150 g/mol. The van der Waals surface area contributed by atoms with Gasteiger partial charge in [0.05, 0.1) is 0 Å².